The van der Waals surface area contributed by atoms with Crippen LogP contribution in [0.1, 0.15) is 42.1 Å². The molecule has 2 aromatic carbocycles. The van der Waals surface area contributed by atoms with Crippen LogP contribution in [0.5, 0.6) is 5.75 Å². The number of hydrogen-bond donors (Lipinski definition) is 2. The molecular formula is C28H27Cl2N5O2. The van der Waals surface area contributed by atoms with E-state index in [0.29, 0.717) is 11.6 Å². The molecule has 0 spiro atoms. The highest BCUT2D eigenvalue weighted by Crippen LogP contribution is 2.40. The first-order chi connectivity index (χ1) is 17.9. The topological polar surface area (TPSA) is 83.3 Å². The van der Waals surface area contributed by atoms with E-state index in [1.165, 1.54) is 0 Å². The Bertz CT molecular complexity index is 1480. The summed E-state index contributed by atoms with van der Waals surface area (Å²) in [5.41, 5.74) is 4.51. The summed E-state index contributed by atoms with van der Waals surface area (Å²) in [6.07, 6.45) is 9.46. The molecule has 6 rings (SSSR count). The second-order valence-electron chi connectivity index (χ2n) is 10.1. The number of nitrogens with zero attached hydrogens (tertiary/aromatic N) is 4. The summed E-state index contributed by atoms with van der Waals surface area (Å²) >= 11 is 12.4. The molecule has 0 unspecified atom stereocenters. The predicted molar refractivity (Wildman–Crippen MR) is 147 cm³/mol. The van der Waals surface area contributed by atoms with Crippen LogP contribution >= 0.6 is 23.2 Å². The molecule has 2 fully saturated rings. The fraction of sp³-hybridized carbons (Fsp3) is 0.321. The molecule has 0 amide bonds. The molecular weight excluding hydrogens is 509 g/mol. The normalized spacial score (nSPS) is 16.8. The zero-order valence-corrected chi connectivity index (χ0v) is 21.9. The number of ketones is 1. The molecule has 4 aromatic rings. The molecule has 2 aromatic heterocycles. The highest BCUT2D eigenvalue weighted by Gasteiger charge is 2.33. The molecule has 1 saturated heterocycles. The van der Waals surface area contributed by atoms with Gasteiger partial charge in [-0.05, 0) is 81.2 Å². The van der Waals surface area contributed by atoms with Crippen LogP contribution in [-0.2, 0) is 0 Å². The number of nitrogens with one attached hydrogen (secondary N) is 1. The van der Waals surface area contributed by atoms with Gasteiger partial charge in [0, 0.05) is 23.7 Å². The van der Waals surface area contributed by atoms with Gasteiger partial charge in [-0.2, -0.15) is 5.10 Å². The SMILES string of the molecule is CN1CCC(n2cc(Nc3c(C(=O)C4CC4)cnc4ccc(-c5cc(Cl)c(O)c(Cl)c5)cc34)cn2)CC1. The lowest BCUT2D eigenvalue weighted by Crippen LogP contribution is -2.31. The van der Waals surface area contributed by atoms with Crippen molar-refractivity contribution >= 4 is 51.3 Å². The van der Waals surface area contributed by atoms with Gasteiger partial charge >= 0.3 is 0 Å². The van der Waals surface area contributed by atoms with E-state index < -0.39 is 0 Å². The number of benzene rings is 2. The quantitative estimate of drug-likeness (QED) is 0.267. The number of halogens is 2. The first-order valence-corrected chi connectivity index (χ1v) is 13.3. The number of Topliss-reactive ketones (excluding diaryl/α,β-unsaturated/α-hetero) is 1. The number of likely N-dealkylation sites (tertiary alicyclic amines) is 1. The van der Waals surface area contributed by atoms with Crippen molar-refractivity contribution in [1.82, 2.24) is 19.7 Å². The van der Waals surface area contributed by atoms with Crippen LogP contribution in [0, 0.1) is 5.92 Å². The average Bonchev–Trinajstić information content (AvgIpc) is 3.65. The summed E-state index contributed by atoms with van der Waals surface area (Å²) in [6, 6.07) is 9.54. The van der Waals surface area contributed by atoms with E-state index in [1.807, 2.05) is 35.3 Å². The number of anilines is 2. The van der Waals surface area contributed by atoms with Gasteiger partial charge in [0.1, 0.15) is 0 Å². The van der Waals surface area contributed by atoms with Crippen LogP contribution in [-0.4, -0.2) is 50.7 Å². The Morgan fingerprint density at radius 3 is 2.46 bits per heavy atom. The maximum Gasteiger partial charge on any atom is 0.169 e. The number of hydrogen-bond acceptors (Lipinski definition) is 6. The highest BCUT2D eigenvalue weighted by atomic mass is 35.5. The van der Waals surface area contributed by atoms with Crippen molar-refractivity contribution in [1.29, 1.82) is 0 Å². The van der Waals surface area contributed by atoms with Crippen LogP contribution < -0.4 is 5.32 Å². The monoisotopic (exact) mass is 535 g/mol. The predicted octanol–water partition coefficient (Wildman–Crippen LogP) is 6.71. The van der Waals surface area contributed by atoms with E-state index in [4.69, 9.17) is 23.2 Å². The number of piperidine rings is 1. The average molecular weight is 536 g/mol. The van der Waals surface area contributed by atoms with Crippen molar-refractivity contribution in [2.24, 2.45) is 5.92 Å². The number of aromatic hydroxyl groups is 1. The molecule has 2 N–H and O–H groups in total. The van der Waals surface area contributed by atoms with Gasteiger partial charge in [-0.3, -0.25) is 14.5 Å². The lowest BCUT2D eigenvalue weighted by molar-refractivity contribution is 0.0968. The molecule has 190 valence electrons. The molecule has 7 nitrogen and oxygen atoms in total. The zero-order valence-electron chi connectivity index (χ0n) is 20.4. The largest absolute Gasteiger partial charge is 0.505 e. The zero-order chi connectivity index (χ0) is 25.7. The summed E-state index contributed by atoms with van der Waals surface area (Å²) in [5.74, 6) is 0.0243. The summed E-state index contributed by atoms with van der Waals surface area (Å²) in [7, 11) is 2.15. The third kappa shape index (κ3) is 4.79. The Kier molecular flexibility index (Phi) is 6.31. The van der Waals surface area contributed by atoms with Crippen molar-refractivity contribution in [2.45, 2.75) is 31.7 Å². The number of rotatable bonds is 6. The number of pyridine rings is 1. The first-order valence-electron chi connectivity index (χ1n) is 12.5. The van der Waals surface area contributed by atoms with E-state index in [2.05, 4.69) is 27.3 Å². The summed E-state index contributed by atoms with van der Waals surface area (Å²) in [4.78, 5) is 20.2. The van der Waals surface area contributed by atoms with Gasteiger partial charge in [-0.15, -0.1) is 0 Å². The molecule has 1 aliphatic heterocycles. The Morgan fingerprint density at radius 1 is 1.03 bits per heavy atom. The maximum absolute atomic E-state index is 13.3. The third-order valence-corrected chi connectivity index (χ3v) is 7.94. The van der Waals surface area contributed by atoms with Crippen LogP contribution in [0.3, 0.4) is 0 Å². The number of fused-ring (bicyclic) bond motifs is 1. The van der Waals surface area contributed by atoms with Gasteiger partial charge in [0.25, 0.3) is 0 Å². The van der Waals surface area contributed by atoms with Gasteiger partial charge in [0.15, 0.2) is 11.5 Å². The van der Waals surface area contributed by atoms with Gasteiger partial charge in [0.05, 0.1) is 44.7 Å². The van der Waals surface area contributed by atoms with Crippen molar-refractivity contribution in [2.75, 3.05) is 25.5 Å². The highest BCUT2D eigenvalue weighted by molar-refractivity contribution is 6.37. The van der Waals surface area contributed by atoms with Crippen LogP contribution in [0.2, 0.25) is 10.0 Å². The number of phenols is 1. The number of aromatic nitrogens is 3. The molecule has 0 radical (unpaired) electrons. The van der Waals surface area contributed by atoms with E-state index >= 15 is 0 Å². The maximum atomic E-state index is 13.3. The minimum absolute atomic E-state index is 0.0552. The Hall–Kier alpha value is -3.13. The van der Waals surface area contributed by atoms with Crippen molar-refractivity contribution < 1.29 is 9.90 Å². The lowest BCUT2D eigenvalue weighted by atomic mass is 9.99. The van der Waals surface area contributed by atoms with E-state index in [0.717, 1.165) is 72.2 Å². The molecule has 37 heavy (non-hydrogen) atoms. The fourth-order valence-corrected chi connectivity index (χ4v) is 5.48. The lowest BCUT2D eigenvalue weighted by Gasteiger charge is -2.28. The second-order valence-corrected chi connectivity index (χ2v) is 10.9. The van der Waals surface area contributed by atoms with Crippen molar-refractivity contribution in [3.63, 3.8) is 0 Å². The molecule has 0 bridgehead atoms. The van der Waals surface area contributed by atoms with Crippen LogP contribution in [0.25, 0.3) is 22.0 Å². The Labute approximate surface area is 225 Å². The van der Waals surface area contributed by atoms with Crippen molar-refractivity contribution in [3.8, 4) is 16.9 Å². The fourth-order valence-electron chi connectivity index (χ4n) is 5.00. The van der Waals surface area contributed by atoms with Gasteiger partial charge < -0.3 is 15.3 Å². The van der Waals surface area contributed by atoms with E-state index in [1.54, 1.807) is 18.3 Å². The minimum Gasteiger partial charge on any atom is -0.505 e. The number of carbonyl (C=O) groups is 1. The molecule has 3 heterocycles. The van der Waals surface area contributed by atoms with Gasteiger partial charge in [-0.1, -0.05) is 29.3 Å². The summed E-state index contributed by atoms with van der Waals surface area (Å²) < 4.78 is 2.03. The molecule has 2 aliphatic rings. The van der Waals surface area contributed by atoms with Crippen LogP contribution in [0.15, 0.2) is 48.9 Å². The minimum atomic E-state index is -0.143. The molecule has 0 atom stereocenters. The van der Waals surface area contributed by atoms with E-state index in [-0.39, 0.29) is 27.5 Å². The first kappa shape index (κ1) is 24.2. The van der Waals surface area contributed by atoms with Gasteiger partial charge in [0.2, 0.25) is 0 Å². The van der Waals surface area contributed by atoms with Crippen LogP contribution in [0.4, 0.5) is 11.4 Å². The summed E-state index contributed by atoms with van der Waals surface area (Å²) in [6.45, 7) is 2.10. The molecule has 1 aliphatic carbocycles. The standard InChI is InChI=1S/C28H27Cl2N5O2/c1-34-8-6-20(7-9-34)35-15-19(13-32-35)33-26-21-10-17(18-11-23(29)28(37)24(30)12-18)4-5-25(21)31-14-22(26)27(36)16-2-3-16/h4-5,10-16,20,37H,2-3,6-9H2,1H3,(H,31,33). The Balaban J connectivity index is 1.42. The Morgan fingerprint density at radius 2 is 1.76 bits per heavy atom. The second kappa shape index (κ2) is 9.63. The number of phenolic OH excluding ortho intramolecular Hbond substituents is 1. The molecule has 1 saturated carbocycles. The van der Waals surface area contributed by atoms with Gasteiger partial charge in [-0.25, -0.2) is 0 Å². The smallest absolute Gasteiger partial charge is 0.169 e. The van der Waals surface area contributed by atoms with Crippen molar-refractivity contribution in [3.05, 3.63) is 64.5 Å². The third-order valence-electron chi connectivity index (χ3n) is 7.36. The summed E-state index contributed by atoms with van der Waals surface area (Å²) in [5, 5.41) is 19.3. The van der Waals surface area contributed by atoms with E-state index in [9.17, 15) is 9.90 Å². The number of carbonyl (C=O) groups excluding carboxylic acids is 1. The molecule has 9 heteroatoms.